The van der Waals surface area contributed by atoms with E-state index in [0.717, 1.165) is 18.4 Å². The summed E-state index contributed by atoms with van der Waals surface area (Å²) in [5.74, 6) is 7.62. The van der Waals surface area contributed by atoms with Crippen molar-refractivity contribution in [2.24, 2.45) is 17.7 Å². The minimum Gasteiger partial charge on any atom is -0.375 e. The van der Waals surface area contributed by atoms with E-state index in [-0.39, 0.29) is 5.60 Å². The summed E-state index contributed by atoms with van der Waals surface area (Å²) in [7, 11) is 0. The first-order chi connectivity index (χ1) is 10.3. The summed E-state index contributed by atoms with van der Waals surface area (Å²) in [5, 5.41) is 0. The monoisotopic (exact) mass is 294 g/mol. The van der Waals surface area contributed by atoms with Gasteiger partial charge >= 0.3 is 0 Å². The zero-order chi connectivity index (χ0) is 14.5. The molecule has 2 aliphatic carbocycles. The van der Waals surface area contributed by atoms with Crippen LogP contribution < -0.4 is 11.3 Å². The van der Waals surface area contributed by atoms with E-state index in [0.29, 0.717) is 6.04 Å². The fourth-order valence-corrected chi connectivity index (χ4v) is 5.12. The molecule has 2 unspecified atom stereocenters. The maximum Gasteiger partial charge on any atom is 0.0685 e. The Morgan fingerprint density at radius 3 is 2.52 bits per heavy atom. The number of rotatable bonds is 5. The van der Waals surface area contributed by atoms with Crippen molar-refractivity contribution in [3.8, 4) is 0 Å². The Kier molecular flexibility index (Phi) is 5.58. The molecule has 3 fully saturated rings. The van der Waals surface area contributed by atoms with Crippen LogP contribution in [0.5, 0.6) is 0 Å². The minimum atomic E-state index is 0.212. The Labute approximate surface area is 130 Å². The number of nitrogens with one attached hydrogen (secondary N) is 1. The van der Waals surface area contributed by atoms with Crippen LogP contribution in [-0.2, 0) is 4.74 Å². The Morgan fingerprint density at radius 2 is 1.81 bits per heavy atom. The first kappa shape index (κ1) is 15.8. The van der Waals surface area contributed by atoms with Crippen LogP contribution in [0.3, 0.4) is 0 Å². The van der Waals surface area contributed by atoms with Gasteiger partial charge < -0.3 is 4.74 Å². The fourth-order valence-electron chi connectivity index (χ4n) is 5.12. The van der Waals surface area contributed by atoms with E-state index in [1.165, 1.54) is 83.5 Å². The Hall–Kier alpha value is -0.120. The molecule has 1 heterocycles. The first-order valence-corrected chi connectivity index (χ1v) is 9.41. The molecule has 0 aromatic carbocycles. The highest BCUT2D eigenvalue weighted by Crippen LogP contribution is 2.42. The van der Waals surface area contributed by atoms with Gasteiger partial charge in [0.25, 0.3) is 0 Å². The van der Waals surface area contributed by atoms with Crippen LogP contribution in [0.4, 0.5) is 0 Å². The standard InChI is InChI=1S/C18H34N2O/c19-20-17(9-8-15-6-2-3-7-15)16-10-13-21-18(14-16)11-4-1-5-12-18/h15-17,20H,1-14,19H2. The largest absolute Gasteiger partial charge is 0.375 e. The second-order valence-corrected chi connectivity index (χ2v) is 7.85. The molecule has 0 aromatic heterocycles. The molecule has 0 aromatic rings. The average molecular weight is 294 g/mol. The van der Waals surface area contributed by atoms with E-state index >= 15 is 0 Å². The molecule has 2 atom stereocenters. The van der Waals surface area contributed by atoms with Gasteiger partial charge in [-0.15, -0.1) is 0 Å². The lowest BCUT2D eigenvalue weighted by atomic mass is 9.73. The Bertz CT molecular complexity index is 303. The summed E-state index contributed by atoms with van der Waals surface area (Å²) in [6.45, 7) is 0.951. The molecule has 1 spiro atoms. The van der Waals surface area contributed by atoms with Crippen molar-refractivity contribution in [2.45, 2.75) is 95.1 Å². The molecule has 3 nitrogen and oxygen atoms in total. The molecule has 3 rings (SSSR count). The second kappa shape index (κ2) is 7.43. The maximum atomic E-state index is 6.24. The summed E-state index contributed by atoms with van der Waals surface area (Å²) in [6.07, 6.45) is 17.6. The molecular formula is C18H34N2O. The molecule has 0 amide bonds. The number of hydrogen-bond acceptors (Lipinski definition) is 3. The summed E-state index contributed by atoms with van der Waals surface area (Å²) in [4.78, 5) is 0. The number of ether oxygens (including phenoxy) is 1. The predicted molar refractivity (Wildman–Crippen MR) is 86.8 cm³/mol. The Morgan fingerprint density at radius 1 is 1.05 bits per heavy atom. The third kappa shape index (κ3) is 4.00. The van der Waals surface area contributed by atoms with Crippen molar-refractivity contribution < 1.29 is 4.74 Å². The van der Waals surface area contributed by atoms with Crippen LogP contribution in [0, 0.1) is 11.8 Å². The minimum absolute atomic E-state index is 0.212. The van der Waals surface area contributed by atoms with Crippen LogP contribution in [0.2, 0.25) is 0 Å². The molecule has 3 heteroatoms. The lowest BCUT2D eigenvalue weighted by Gasteiger charge is -2.45. The summed E-state index contributed by atoms with van der Waals surface area (Å²) < 4.78 is 6.24. The summed E-state index contributed by atoms with van der Waals surface area (Å²) in [6, 6.07) is 0.508. The Balaban J connectivity index is 1.52. The van der Waals surface area contributed by atoms with Gasteiger partial charge in [-0.2, -0.15) is 0 Å². The van der Waals surface area contributed by atoms with Gasteiger partial charge in [0.05, 0.1) is 5.60 Å². The van der Waals surface area contributed by atoms with Gasteiger partial charge in [-0.3, -0.25) is 11.3 Å². The highest BCUT2D eigenvalue weighted by Gasteiger charge is 2.40. The van der Waals surface area contributed by atoms with Crippen molar-refractivity contribution in [3.63, 3.8) is 0 Å². The van der Waals surface area contributed by atoms with Crippen LogP contribution >= 0.6 is 0 Å². The highest BCUT2D eigenvalue weighted by molar-refractivity contribution is 4.93. The van der Waals surface area contributed by atoms with Crippen molar-refractivity contribution in [3.05, 3.63) is 0 Å². The smallest absolute Gasteiger partial charge is 0.0685 e. The molecule has 0 bridgehead atoms. The van der Waals surface area contributed by atoms with E-state index < -0.39 is 0 Å². The molecule has 2 saturated carbocycles. The number of hydrazine groups is 1. The van der Waals surface area contributed by atoms with Gasteiger partial charge in [-0.25, -0.2) is 0 Å². The lowest BCUT2D eigenvalue weighted by molar-refractivity contribution is -0.122. The van der Waals surface area contributed by atoms with E-state index in [1.54, 1.807) is 0 Å². The molecule has 1 aliphatic heterocycles. The van der Waals surface area contributed by atoms with Gasteiger partial charge in [0.2, 0.25) is 0 Å². The quantitative estimate of drug-likeness (QED) is 0.597. The zero-order valence-corrected chi connectivity index (χ0v) is 13.6. The van der Waals surface area contributed by atoms with Gasteiger partial charge in [-0.05, 0) is 50.4 Å². The van der Waals surface area contributed by atoms with Gasteiger partial charge in [0.15, 0.2) is 0 Å². The molecule has 3 N–H and O–H groups in total. The summed E-state index contributed by atoms with van der Waals surface area (Å²) in [5.41, 5.74) is 3.37. The molecular weight excluding hydrogens is 260 g/mol. The zero-order valence-electron chi connectivity index (χ0n) is 13.6. The van der Waals surface area contributed by atoms with Crippen molar-refractivity contribution in [1.29, 1.82) is 0 Å². The topological polar surface area (TPSA) is 47.3 Å². The highest BCUT2D eigenvalue weighted by atomic mass is 16.5. The van der Waals surface area contributed by atoms with Gasteiger partial charge in [-0.1, -0.05) is 44.9 Å². The van der Waals surface area contributed by atoms with E-state index in [2.05, 4.69) is 5.43 Å². The lowest BCUT2D eigenvalue weighted by Crippen LogP contribution is -2.49. The average Bonchev–Trinajstić information content (AvgIpc) is 3.02. The fraction of sp³-hybridized carbons (Fsp3) is 1.00. The van der Waals surface area contributed by atoms with Crippen molar-refractivity contribution in [1.82, 2.24) is 5.43 Å². The second-order valence-electron chi connectivity index (χ2n) is 7.85. The molecule has 0 radical (unpaired) electrons. The third-order valence-electron chi connectivity index (χ3n) is 6.44. The number of hydrogen-bond donors (Lipinski definition) is 2. The maximum absolute atomic E-state index is 6.24. The normalized spacial score (nSPS) is 31.6. The van der Waals surface area contributed by atoms with Gasteiger partial charge in [0, 0.05) is 12.6 Å². The molecule has 3 aliphatic rings. The van der Waals surface area contributed by atoms with Crippen LogP contribution in [0.15, 0.2) is 0 Å². The molecule has 122 valence electrons. The van der Waals surface area contributed by atoms with Crippen molar-refractivity contribution in [2.75, 3.05) is 6.61 Å². The SMILES string of the molecule is NNC(CCC1CCCC1)C1CCOC2(CCCCC2)C1. The number of nitrogens with two attached hydrogens (primary N) is 1. The van der Waals surface area contributed by atoms with Gasteiger partial charge in [0.1, 0.15) is 0 Å². The molecule has 1 saturated heterocycles. The van der Waals surface area contributed by atoms with E-state index in [4.69, 9.17) is 10.6 Å². The third-order valence-corrected chi connectivity index (χ3v) is 6.44. The van der Waals surface area contributed by atoms with Crippen LogP contribution in [0.1, 0.15) is 83.5 Å². The predicted octanol–water partition coefficient (Wildman–Crippen LogP) is 3.92. The van der Waals surface area contributed by atoms with Crippen LogP contribution in [0.25, 0.3) is 0 Å². The molecule has 21 heavy (non-hydrogen) atoms. The van der Waals surface area contributed by atoms with Crippen LogP contribution in [-0.4, -0.2) is 18.2 Å². The van der Waals surface area contributed by atoms with Crippen molar-refractivity contribution >= 4 is 0 Å². The van der Waals surface area contributed by atoms with E-state index in [9.17, 15) is 0 Å². The van der Waals surface area contributed by atoms with E-state index in [1.807, 2.05) is 0 Å². The summed E-state index contributed by atoms with van der Waals surface area (Å²) >= 11 is 0. The first-order valence-electron chi connectivity index (χ1n) is 9.41.